The summed E-state index contributed by atoms with van der Waals surface area (Å²) >= 11 is 0. The van der Waals surface area contributed by atoms with E-state index in [4.69, 9.17) is 23.7 Å². The van der Waals surface area contributed by atoms with Crippen molar-refractivity contribution in [1.82, 2.24) is 0 Å². The summed E-state index contributed by atoms with van der Waals surface area (Å²) in [6.07, 6.45) is 2.82. The molecule has 0 radical (unpaired) electrons. The van der Waals surface area contributed by atoms with Crippen molar-refractivity contribution < 1.29 is 23.7 Å². The molecule has 0 saturated carbocycles. The van der Waals surface area contributed by atoms with Crippen molar-refractivity contribution in [2.24, 2.45) is 0 Å². The molecule has 0 bridgehead atoms. The molecule has 4 atom stereocenters. The fraction of sp³-hybridized carbons (Fsp3) is 0.438. The van der Waals surface area contributed by atoms with Crippen LogP contribution in [0.3, 0.4) is 0 Å². The first-order valence-electron chi connectivity index (χ1n) is 13.5. The summed E-state index contributed by atoms with van der Waals surface area (Å²) in [6.45, 7) is 4.78. The van der Waals surface area contributed by atoms with Gasteiger partial charge in [0, 0.05) is 13.0 Å². The highest BCUT2D eigenvalue weighted by atomic mass is 16.7. The minimum Gasteiger partial charge on any atom is -0.374 e. The second kappa shape index (κ2) is 15.7. The molecule has 1 unspecified atom stereocenters. The fourth-order valence-corrected chi connectivity index (χ4v) is 4.49. The van der Waals surface area contributed by atoms with Gasteiger partial charge in [-0.1, -0.05) is 111 Å². The molecule has 5 heteroatoms. The first kappa shape index (κ1) is 27.5. The molecule has 1 saturated heterocycles. The molecular weight excluding hydrogens is 464 g/mol. The average Bonchev–Trinajstić information content (AvgIpc) is 2.95. The van der Waals surface area contributed by atoms with Gasteiger partial charge in [0.1, 0.15) is 12.2 Å². The van der Waals surface area contributed by atoms with Gasteiger partial charge in [-0.15, -0.1) is 0 Å². The molecule has 0 aromatic heterocycles. The highest BCUT2D eigenvalue weighted by Crippen LogP contribution is 2.28. The zero-order valence-corrected chi connectivity index (χ0v) is 21.9. The summed E-state index contributed by atoms with van der Waals surface area (Å²) in [5, 5.41) is 0. The molecule has 1 heterocycles. The van der Waals surface area contributed by atoms with Crippen LogP contribution < -0.4 is 0 Å². The molecule has 0 N–H and O–H groups in total. The second-order valence-corrected chi connectivity index (χ2v) is 9.51. The van der Waals surface area contributed by atoms with Gasteiger partial charge in [-0.05, 0) is 23.1 Å². The van der Waals surface area contributed by atoms with Crippen molar-refractivity contribution >= 4 is 0 Å². The summed E-state index contributed by atoms with van der Waals surface area (Å²) in [4.78, 5) is 0. The number of benzene rings is 3. The van der Waals surface area contributed by atoms with Crippen LogP contribution in [0.1, 0.15) is 49.3 Å². The predicted octanol–water partition coefficient (Wildman–Crippen LogP) is 6.70. The Morgan fingerprint density at radius 1 is 0.676 bits per heavy atom. The van der Waals surface area contributed by atoms with Crippen molar-refractivity contribution in [3.8, 4) is 0 Å². The topological polar surface area (TPSA) is 46.2 Å². The molecular formula is C32H40O5. The van der Waals surface area contributed by atoms with Gasteiger partial charge in [0.15, 0.2) is 6.29 Å². The van der Waals surface area contributed by atoms with E-state index in [-0.39, 0.29) is 24.6 Å². The number of hydrogen-bond donors (Lipinski definition) is 0. The summed E-state index contributed by atoms with van der Waals surface area (Å²) in [5.74, 6) is 0. The van der Waals surface area contributed by atoms with Crippen molar-refractivity contribution in [3.63, 3.8) is 0 Å². The monoisotopic (exact) mass is 504 g/mol. The van der Waals surface area contributed by atoms with Gasteiger partial charge >= 0.3 is 0 Å². The Labute approximate surface area is 221 Å². The van der Waals surface area contributed by atoms with Crippen molar-refractivity contribution in [2.75, 3.05) is 13.2 Å². The van der Waals surface area contributed by atoms with Crippen LogP contribution in [-0.2, 0) is 43.5 Å². The van der Waals surface area contributed by atoms with Crippen LogP contribution in [0, 0.1) is 0 Å². The van der Waals surface area contributed by atoms with E-state index >= 15 is 0 Å². The van der Waals surface area contributed by atoms with E-state index < -0.39 is 0 Å². The van der Waals surface area contributed by atoms with Crippen LogP contribution in [0.5, 0.6) is 0 Å². The van der Waals surface area contributed by atoms with Gasteiger partial charge in [-0.25, -0.2) is 0 Å². The summed E-state index contributed by atoms with van der Waals surface area (Å²) < 4.78 is 31.7. The van der Waals surface area contributed by atoms with Gasteiger partial charge in [0.2, 0.25) is 0 Å². The maximum absolute atomic E-state index is 6.49. The highest BCUT2D eigenvalue weighted by Gasteiger charge is 2.41. The van der Waals surface area contributed by atoms with Crippen molar-refractivity contribution in [1.29, 1.82) is 0 Å². The molecule has 5 nitrogen and oxygen atoms in total. The van der Waals surface area contributed by atoms with E-state index in [2.05, 4.69) is 43.3 Å². The Balaban J connectivity index is 1.45. The Kier molecular flexibility index (Phi) is 11.6. The number of ether oxygens (including phenoxy) is 5. The maximum atomic E-state index is 6.49. The van der Waals surface area contributed by atoms with E-state index in [1.54, 1.807) is 0 Å². The molecule has 1 aliphatic heterocycles. The summed E-state index contributed by atoms with van der Waals surface area (Å²) in [5.41, 5.74) is 3.38. The van der Waals surface area contributed by atoms with Gasteiger partial charge in [0.25, 0.3) is 0 Å². The first-order chi connectivity index (χ1) is 18.3. The van der Waals surface area contributed by atoms with Crippen LogP contribution in [0.4, 0.5) is 0 Å². The van der Waals surface area contributed by atoms with E-state index in [1.165, 1.54) is 0 Å². The standard InChI is InChI=1S/C32H40O5/c1-2-3-13-20-34-31-21-29(35-23-27-16-9-5-10-17-27)32(36-24-28-18-11-6-12-19-28)30(37-31)25-33-22-26-14-7-4-8-15-26/h4-12,14-19,29-32H,2-3,13,20-25H2,1H3/t29-,30+,31?,32+/m0/s1. The van der Waals surface area contributed by atoms with Crippen LogP contribution in [-0.4, -0.2) is 37.8 Å². The lowest BCUT2D eigenvalue weighted by atomic mass is 10.0. The lowest BCUT2D eigenvalue weighted by Crippen LogP contribution is -2.53. The first-order valence-corrected chi connectivity index (χ1v) is 13.5. The lowest BCUT2D eigenvalue weighted by molar-refractivity contribution is -0.278. The minimum absolute atomic E-state index is 0.181. The van der Waals surface area contributed by atoms with E-state index in [0.717, 1.165) is 36.0 Å². The largest absolute Gasteiger partial charge is 0.374 e. The quantitative estimate of drug-likeness (QED) is 0.216. The lowest BCUT2D eigenvalue weighted by Gasteiger charge is -2.41. The van der Waals surface area contributed by atoms with Gasteiger partial charge < -0.3 is 23.7 Å². The third-order valence-corrected chi connectivity index (χ3v) is 6.52. The average molecular weight is 505 g/mol. The van der Waals surface area contributed by atoms with Crippen molar-refractivity contribution in [3.05, 3.63) is 108 Å². The molecule has 1 aliphatic rings. The number of rotatable bonds is 15. The maximum Gasteiger partial charge on any atom is 0.160 e. The van der Waals surface area contributed by atoms with Gasteiger partial charge in [-0.2, -0.15) is 0 Å². The SMILES string of the molecule is CCCCCOC1C[C@H](OCc2ccccc2)[C@@H](OCc2ccccc2)[C@@H](COCc2ccccc2)O1. The highest BCUT2D eigenvalue weighted by molar-refractivity contribution is 5.15. The number of unbranched alkanes of at least 4 members (excludes halogenated alkanes) is 2. The van der Waals surface area contributed by atoms with Gasteiger partial charge in [-0.3, -0.25) is 0 Å². The van der Waals surface area contributed by atoms with E-state index in [9.17, 15) is 0 Å². The van der Waals surface area contributed by atoms with Crippen molar-refractivity contribution in [2.45, 2.75) is 77.0 Å². The third kappa shape index (κ3) is 9.37. The second-order valence-electron chi connectivity index (χ2n) is 9.51. The molecule has 37 heavy (non-hydrogen) atoms. The molecule has 3 aromatic carbocycles. The number of hydrogen-bond acceptors (Lipinski definition) is 5. The molecule has 0 spiro atoms. The summed E-state index contributed by atoms with van der Waals surface area (Å²) in [7, 11) is 0. The minimum atomic E-state index is -0.348. The molecule has 0 aliphatic carbocycles. The molecule has 198 valence electrons. The van der Waals surface area contributed by atoms with Crippen LogP contribution in [0.15, 0.2) is 91.0 Å². The fourth-order valence-electron chi connectivity index (χ4n) is 4.49. The van der Waals surface area contributed by atoms with E-state index in [1.807, 2.05) is 54.6 Å². The molecule has 1 fully saturated rings. The van der Waals surface area contributed by atoms with Crippen LogP contribution >= 0.6 is 0 Å². The Morgan fingerprint density at radius 2 is 1.24 bits per heavy atom. The molecule has 0 amide bonds. The zero-order valence-electron chi connectivity index (χ0n) is 21.9. The smallest absolute Gasteiger partial charge is 0.160 e. The summed E-state index contributed by atoms with van der Waals surface area (Å²) in [6, 6.07) is 30.7. The normalized spacial score (nSPS) is 21.6. The Morgan fingerprint density at radius 3 is 1.84 bits per heavy atom. The zero-order chi connectivity index (χ0) is 25.5. The Bertz CT molecular complexity index is 982. The van der Waals surface area contributed by atoms with Gasteiger partial charge in [0.05, 0.1) is 32.5 Å². The molecule has 3 aromatic rings. The van der Waals surface area contributed by atoms with Crippen LogP contribution in [0.25, 0.3) is 0 Å². The molecule has 4 rings (SSSR count). The third-order valence-electron chi connectivity index (χ3n) is 6.52. The predicted molar refractivity (Wildman–Crippen MR) is 145 cm³/mol. The van der Waals surface area contributed by atoms with Crippen LogP contribution in [0.2, 0.25) is 0 Å². The Hall–Kier alpha value is -2.54. The van der Waals surface area contributed by atoms with E-state index in [0.29, 0.717) is 39.5 Å².